The maximum absolute atomic E-state index is 12.3. The molecular weight excluding hydrogens is 801 g/mol. The van der Waals surface area contributed by atoms with E-state index in [-0.39, 0.29) is 6.61 Å². The lowest BCUT2D eigenvalue weighted by Gasteiger charge is -2.26. The quantitative estimate of drug-likeness (QED) is 0.0573. The normalized spacial score (nSPS) is 12.7. The van der Waals surface area contributed by atoms with Crippen LogP contribution in [0, 0.1) is 0 Å². The fraction of sp³-hybridized carbons (Fsp3) is 0.545. The zero-order valence-electron chi connectivity index (χ0n) is 22.9. The number of rotatable bonds is 20. The molecule has 9 nitrogen and oxygen atoms in total. The van der Waals surface area contributed by atoms with Crippen LogP contribution in [0.5, 0.6) is 0 Å². The van der Waals surface area contributed by atoms with Crippen LogP contribution in [0.15, 0.2) is 58.8 Å². The molecule has 0 saturated carbocycles. The van der Waals surface area contributed by atoms with E-state index in [0.29, 0.717) is 62.1 Å². The first kappa shape index (κ1) is 44.7. The average molecular weight is 836 g/mol. The highest BCUT2D eigenvalue weighted by Gasteiger charge is 2.26. The lowest BCUT2D eigenvalue weighted by Crippen LogP contribution is -2.29. The standard InChI is InChI=1S/C11H18Cl2N3O2PS2.C7H9NOS2.C4H8Cl4NOP/c12-4-7-16(8-5-13)19(14,17)18-9-10-20-21-11-3-1-2-6-15-11;9-5-6-10-11-7-3-1-2-4-8-7;5-1-3-9(4-2-6)11(7,8)10/h1-3,6H,4-5,7-10H2,(H2,14,17);1-4,9H,5-6H2;1-4H2. The number of alkyl halides is 4. The lowest BCUT2D eigenvalue weighted by molar-refractivity contribution is 0.282. The minimum atomic E-state index is -3.32. The number of pyridine rings is 2. The Labute approximate surface area is 300 Å². The van der Waals surface area contributed by atoms with E-state index in [1.165, 1.54) is 20.1 Å². The van der Waals surface area contributed by atoms with Crippen LogP contribution >= 0.6 is 126 Å². The van der Waals surface area contributed by atoms with Crippen molar-refractivity contribution in [1.82, 2.24) is 19.3 Å². The molecule has 43 heavy (non-hydrogen) atoms. The molecule has 0 amide bonds. The molecule has 3 N–H and O–H groups in total. The third kappa shape index (κ3) is 24.5. The Morgan fingerprint density at radius 1 is 0.767 bits per heavy atom. The molecule has 2 rings (SSSR count). The molecule has 0 aromatic carbocycles. The number of hydrogen-bond donors (Lipinski definition) is 2. The van der Waals surface area contributed by atoms with Crippen LogP contribution in [0.25, 0.3) is 0 Å². The summed E-state index contributed by atoms with van der Waals surface area (Å²) in [6.45, 7) is 2.07. The summed E-state index contributed by atoms with van der Waals surface area (Å²) < 4.78 is 31.5. The van der Waals surface area contributed by atoms with Gasteiger partial charge in [-0.2, -0.15) is 0 Å². The molecule has 0 aliphatic rings. The van der Waals surface area contributed by atoms with Gasteiger partial charge in [0.1, 0.15) is 10.1 Å². The van der Waals surface area contributed by atoms with Crippen molar-refractivity contribution < 1.29 is 18.8 Å². The van der Waals surface area contributed by atoms with Gasteiger partial charge in [-0.1, -0.05) is 33.7 Å². The molecule has 0 fully saturated rings. The Kier molecular flexibility index (Phi) is 29.8. The highest BCUT2D eigenvalue weighted by molar-refractivity contribution is 8.77. The molecule has 1 unspecified atom stereocenters. The summed E-state index contributed by atoms with van der Waals surface area (Å²) in [4.78, 5) is 8.30. The van der Waals surface area contributed by atoms with Crippen molar-refractivity contribution in [2.45, 2.75) is 10.1 Å². The van der Waals surface area contributed by atoms with E-state index in [0.717, 1.165) is 15.8 Å². The molecule has 0 radical (unpaired) electrons. The van der Waals surface area contributed by atoms with Crippen LogP contribution in [-0.4, -0.2) is 98.8 Å². The minimum absolute atomic E-state index is 0.227. The van der Waals surface area contributed by atoms with E-state index in [2.05, 4.69) is 9.97 Å². The molecular formula is C22H35Cl6N5O4P2S4. The molecule has 0 spiro atoms. The average Bonchev–Trinajstić information content (AvgIpc) is 2.98. The van der Waals surface area contributed by atoms with Gasteiger partial charge >= 0.3 is 13.7 Å². The fourth-order valence-electron chi connectivity index (χ4n) is 2.44. The highest BCUT2D eigenvalue weighted by atomic mass is 35.9. The molecule has 1 atom stereocenters. The second kappa shape index (κ2) is 28.7. The van der Waals surface area contributed by atoms with Gasteiger partial charge in [0.05, 0.1) is 13.2 Å². The molecule has 2 heterocycles. The Balaban J connectivity index is 0.000000677. The Hall–Kier alpha value is 1.70. The SMILES string of the molecule is NP(=O)(OCCSSc1ccccn1)N(CCCl)CCCl.O=P(Cl)(Cl)N(CCCl)CCCl.OCCSSc1ccccn1. The van der Waals surface area contributed by atoms with Gasteiger partial charge < -0.3 is 9.63 Å². The number of aliphatic hydroxyl groups is 1. The molecule has 0 saturated heterocycles. The van der Waals surface area contributed by atoms with Gasteiger partial charge in [-0.3, -0.25) is 9.13 Å². The fourth-order valence-corrected chi connectivity index (χ4v) is 10.1. The van der Waals surface area contributed by atoms with Crippen molar-refractivity contribution >= 4 is 126 Å². The van der Waals surface area contributed by atoms with Crippen molar-refractivity contribution in [2.75, 3.05) is 74.4 Å². The van der Waals surface area contributed by atoms with Gasteiger partial charge in [0.15, 0.2) is 0 Å². The number of aliphatic hydroxyl groups excluding tert-OH is 1. The second-order valence-corrected chi connectivity index (χ2v) is 20.4. The topological polar surface area (TPSA) is 122 Å². The van der Waals surface area contributed by atoms with Gasteiger partial charge in [-0.15, -0.1) is 46.4 Å². The zero-order chi connectivity index (χ0) is 32.4. The third-order valence-corrected chi connectivity index (χ3v) is 13.5. The van der Waals surface area contributed by atoms with E-state index in [1.54, 1.807) is 44.8 Å². The minimum Gasteiger partial charge on any atom is -0.395 e. The number of hydrogen-bond acceptors (Lipinski definition) is 10. The van der Waals surface area contributed by atoms with E-state index in [9.17, 15) is 9.13 Å². The van der Waals surface area contributed by atoms with E-state index < -0.39 is 13.7 Å². The monoisotopic (exact) mass is 833 g/mol. The van der Waals surface area contributed by atoms with E-state index in [4.69, 9.17) is 84.0 Å². The lowest BCUT2D eigenvalue weighted by atomic mass is 10.5. The summed E-state index contributed by atoms with van der Waals surface area (Å²) in [5.41, 5.74) is 5.74. The first-order chi connectivity index (χ1) is 20.5. The first-order valence-electron chi connectivity index (χ1n) is 12.3. The van der Waals surface area contributed by atoms with Gasteiger partial charge in [-0.05, 0) is 68.3 Å². The summed E-state index contributed by atoms with van der Waals surface area (Å²) in [5.74, 6) is -0.480. The summed E-state index contributed by atoms with van der Waals surface area (Å²) >= 11 is 32.9. The van der Waals surface area contributed by atoms with Crippen LogP contribution in [0.1, 0.15) is 0 Å². The summed E-state index contributed by atoms with van der Waals surface area (Å²) in [5, 5.41) is 10.4. The van der Waals surface area contributed by atoms with Crippen molar-refractivity contribution in [2.24, 2.45) is 5.50 Å². The molecule has 0 bridgehead atoms. The van der Waals surface area contributed by atoms with Gasteiger partial charge in [0.2, 0.25) is 0 Å². The second-order valence-electron chi connectivity index (χ2n) is 7.37. The number of aromatic nitrogens is 2. The van der Waals surface area contributed by atoms with Gasteiger partial charge in [-0.25, -0.2) is 24.8 Å². The molecule has 21 heteroatoms. The molecule has 2 aromatic heterocycles. The van der Waals surface area contributed by atoms with Crippen LogP contribution < -0.4 is 5.50 Å². The maximum Gasteiger partial charge on any atom is 0.340 e. The molecule has 248 valence electrons. The summed E-state index contributed by atoms with van der Waals surface area (Å²) in [7, 11) is 2.99. The number of nitrogens with zero attached hydrogens (tertiary/aromatic N) is 4. The largest absolute Gasteiger partial charge is 0.395 e. The zero-order valence-corrected chi connectivity index (χ0v) is 32.5. The first-order valence-corrected chi connectivity index (χ1v) is 24.2. The van der Waals surface area contributed by atoms with Crippen LogP contribution in [0.3, 0.4) is 0 Å². The maximum atomic E-state index is 12.3. The smallest absolute Gasteiger partial charge is 0.340 e. The summed E-state index contributed by atoms with van der Waals surface area (Å²) in [6, 6.07) is 11.5. The molecule has 0 aliphatic carbocycles. The van der Waals surface area contributed by atoms with Gasteiger partial charge in [0.25, 0.3) is 0 Å². The van der Waals surface area contributed by atoms with Crippen molar-refractivity contribution in [1.29, 1.82) is 0 Å². The Morgan fingerprint density at radius 3 is 1.58 bits per heavy atom. The van der Waals surface area contributed by atoms with E-state index in [1.807, 2.05) is 36.4 Å². The van der Waals surface area contributed by atoms with Gasteiger partial charge in [0, 0.05) is 73.6 Å². The van der Waals surface area contributed by atoms with E-state index >= 15 is 0 Å². The number of halogens is 6. The Morgan fingerprint density at radius 2 is 1.21 bits per heavy atom. The molecule has 2 aromatic rings. The summed E-state index contributed by atoms with van der Waals surface area (Å²) in [6.07, 6.45) is 3.51. The van der Waals surface area contributed by atoms with Crippen molar-refractivity contribution in [3.8, 4) is 0 Å². The predicted octanol–water partition coefficient (Wildman–Crippen LogP) is 8.85. The van der Waals surface area contributed by atoms with Crippen molar-refractivity contribution in [3.63, 3.8) is 0 Å². The number of nitrogens with two attached hydrogens (primary N) is 1. The van der Waals surface area contributed by atoms with Crippen molar-refractivity contribution in [3.05, 3.63) is 48.8 Å². The van der Waals surface area contributed by atoms with Crippen LogP contribution in [-0.2, 0) is 13.7 Å². The third-order valence-electron chi connectivity index (χ3n) is 4.28. The van der Waals surface area contributed by atoms with Crippen LogP contribution in [0.2, 0.25) is 0 Å². The highest BCUT2D eigenvalue weighted by Crippen LogP contribution is 2.59. The predicted molar refractivity (Wildman–Crippen MR) is 195 cm³/mol. The molecule has 0 aliphatic heterocycles. The van der Waals surface area contributed by atoms with Crippen LogP contribution in [0.4, 0.5) is 0 Å². The Bertz CT molecular complexity index is 1020.